The SMILES string of the molecule is CN(c1n[nH]c2c1CN(C(=O)c1cc3ccccc3[nH]1)CC2)S(C)(=O)=O. The monoisotopic (exact) mass is 373 g/mol. The van der Waals surface area contributed by atoms with Crippen LogP contribution in [0.3, 0.4) is 0 Å². The van der Waals surface area contributed by atoms with Crippen LogP contribution in [0.15, 0.2) is 30.3 Å². The van der Waals surface area contributed by atoms with Gasteiger partial charge in [-0.3, -0.25) is 14.2 Å². The van der Waals surface area contributed by atoms with E-state index in [-0.39, 0.29) is 5.91 Å². The van der Waals surface area contributed by atoms with E-state index in [4.69, 9.17) is 0 Å². The number of benzene rings is 1. The van der Waals surface area contributed by atoms with Crippen LogP contribution in [0, 0.1) is 0 Å². The second-order valence-electron chi connectivity index (χ2n) is 6.48. The molecule has 4 rings (SSSR count). The van der Waals surface area contributed by atoms with Crippen molar-refractivity contribution in [3.8, 4) is 0 Å². The first-order valence-corrected chi connectivity index (χ1v) is 10.1. The van der Waals surface area contributed by atoms with Gasteiger partial charge in [0.1, 0.15) is 5.69 Å². The summed E-state index contributed by atoms with van der Waals surface area (Å²) in [6.07, 6.45) is 1.73. The molecule has 0 saturated heterocycles. The standard InChI is InChI=1S/C17H19N5O3S/c1-21(26(2,24)25)16-12-10-22(8-7-14(12)19-20-16)17(23)15-9-11-5-3-4-6-13(11)18-15/h3-6,9,18H,7-8,10H2,1-2H3,(H,19,20). The molecule has 1 aliphatic rings. The third kappa shape index (κ3) is 2.74. The number of hydrogen-bond donors (Lipinski definition) is 2. The number of aromatic nitrogens is 3. The first-order chi connectivity index (χ1) is 12.3. The summed E-state index contributed by atoms with van der Waals surface area (Å²) in [4.78, 5) is 17.8. The maximum absolute atomic E-state index is 12.9. The molecular weight excluding hydrogens is 354 g/mol. The zero-order valence-electron chi connectivity index (χ0n) is 14.5. The van der Waals surface area contributed by atoms with E-state index in [0.717, 1.165) is 32.7 Å². The number of rotatable bonds is 3. The molecule has 1 amide bonds. The number of H-pyrrole nitrogens is 2. The lowest BCUT2D eigenvalue weighted by Crippen LogP contribution is -2.37. The van der Waals surface area contributed by atoms with Crippen molar-refractivity contribution in [2.24, 2.45) is 0 Å². The van der Waals surface area contributed by atoms with Crippen molar-refractivity contribution in [3.05, 3.63) is 47.3 Å². The van der Waals surface area contributed by atoms with Crippen molar-refractivity contribution >= 4 is 32.7 Å². The largest absolute Gasteiger partial charge is 0.351 e. The second kappa shape index (κ2) is 5.87. The van der Waals surface area contributed by atoms with E-state index >= 15 is 0 Å². The Labute approximate surface area is 150 Å². The highest BCUT2D eigenvalue weighted by Gasteiger charge is 2.29. The number of carbonyl (C=O) groups excluding carboxylic acids is 1. The number of sulfonamides is 1. The Kier molecular flexibility index (Phi) is 3.76. The molecular formula is C17H19N5O3S. The van der Waals surface area contributed by atoms with Crippen LogP contribution >= 0.6 is 0 Å². The number of nitrogens with zero attached hydrogens (tertiary/aromatic N) is 3. The summed E-state index contributed by atoms with van der Waals surface area (Å²) in [7, 11) is -1.96. The minimum absolute atomic E-state index is 0.110. The summed E-state index contributed by atoms with van der Waals surface area (Å²) >= 11 is 0. The number of nitrogens with one attached hydrogen (secondary N) is 2. The fourth-order valence-electron chi connectivity index (χ4n) is 3.23. The summed E-state index contributed by atoms with van der Waals surface area (Å²) in [5.74, 6) is 0.234. The smallest absolute Gasteiger partial charge is 0.270 e. The van der Waals surface area contributed by atoms with Crippen LogP contribution in [0.2, 0.25) is 0 Å². The van der Waals surface area contributed by atoms with Gasteiger partial charge in [-0.1, -0.05) is 18.2 Å². The highest BCUT2D eigenvalue weighted by Crippen LogP contribution is 2.28. The summed E-state index contributed by atoms with van der Waals surface area (Å²) < 4.78 is 24.8. The first-order valence-electron chi connectivity index (χ1n) is 8.21. The average molecular weight is 373 g/mol. The maximum atomic E-state index is 12.9. The van der Waals surface area contributed by atoms with Crippen LogP contribution in [0.4, 0.5) is 5.82 Å². The molecule has 2 N–H and O–H groups in total. The molecule has 3 heterocycles. The molecule has 0 bridgehead atoms. The zero-order valence-corrected chi connectivity index (χ0v) is 15.3. The number of aromatic amines is 2. The van der Waals surface area contributed by atoms with Crippen molar-refractivity contribution in [1.29, 1.82) is 0 Å². The van der Waals surface area contributed by atoms with Gasteiger partial charge >= 0.3 is 0 Å². The molecule has 0 unspecified atom stereocenters. The fourth-order valence-corrected chi connectivity index (χ4v) is 3.69. The Morgan fingerprint density at radius 3 is 2.81 bits per heavy atom. The van der Waals surface area contributed by atoms with Gasteiger partial charge < -0.3 is 9.88 Å². The number of para-hydroxylation sites is 1. The van der Waals surface area contributed by atoms with Gasteiger partial charge in [-0.2, -0.15) is 5.10 Å². The maximum Gasteiger partial charge on any atom is 0.270 e. The Morgan fingerprint density at radius 1 is 1.31 bits per heavy atom. The van der Waals surface area contributed by atoms with Gasteiger partial charge in [-0.25, -0.2) is 8.42 Å². The van der Waals surface area contributed by atoms with Gasteiger partial charge in [-0.15, -0.1) is 0 Å². The van der Waals surface area contributed by atoms with Crippen LogP contribution in [0.1, 0.15) is 21.7 Å². The number of anilines is 1. The normalized spacial score (nSPS) is 14.5. The van der Waals surface area contributed by atoms with Crippen LogP contribution in [0.5, 0.6) is 0 Å². The lowest BCUT2D eigenvalue weighted by Gasteiger charge is -2.27. The molecule has 1 aromatic carbocycles. The van der Waals surface area contributed by atoms with Gasteiger partial charge in [0.2, 0.25) is 10.0 Å². The number of carbonyl (C=O) groups is 1. The lowest BCUT2D eigenvalue weighted by molar-refractivity contribution is 0.0729. The molecule has 2 aromatic heterocycles. The number of hydrogen-bond acceptors (Lipinski definition) is 4. The van der Waals surface area contributed by atoms with Gasteiger partial charge in [0.25, 0.3) is 5.91 Å². The molecule has 0 aliphatic carbocycles. The Morgan fingerprint density at radius 2 is 2.08 bits per heavy atom. The summed E-state index contributed by atoms with van der Waals surface area (Å²) in [6, 6.07) is 9.56. The summed E-state index contributed by atoms with van der Waals surface area (Å²) in [5.41, 5.74) is 3.05. The molecule has 1 aliphatic heterocycles. The molecule has 3 aromatic rings. The Hall–Kier alpha value is -2.81. The second-order valence-corrected chi connectivity index (χ2v) is 8.50. The molecule has 0 radical (unpaired) electrons. The molecule has 0 saturated carbocycles. The van der Waals surface area contributed by atoms with E-state index in [9.17, 15) is 13.2 Å². The van der Waals surface area contributed by atoms with Gasteiger partial charge in [-0.05, 0) is 12.1 Å². The van der Waals surface area contributed by atoms with Crippen molar-refractivity contribution in [3.63, 3.8) is 0 Å². The highest BCUT2D eigenvalue weighted by atomic mass is 32.2. The van der Waals surface area contributed by atoms with Crippen LogP contribution in [-0.4, -0.2) is 54.3 Å². The van der Waals surface area contributed by atoms with E-state index in [1.54, 1.807) is 4.90 Å². The molecule has 8 nitrogen and oxygen atoms in total. The summed E-state index contributed by atoms with van der Waals surface area (Å²) in [5, 5.41) is 8.02. The predicted octanol–water partition coefficient (Wildman–Crippen LogP) is 1.49. The minimum Gasteiger partial charge on any atom is -0.351 e. The summed E-state index contributed by atoms with van der Waals surface area (Å²) in [6.45, 7) is 0.862. The van der Waals surface area contributed by atoms with Crippen LogP contribution < -0.4 is 4.31 Å². The molecule has 0 atom stereocenters. The topological polar surface area (TPSA) is 102 Å². The lowest BCUT2D eigenvalue weighted by atomic mass is 10.1. The van der Waals surface area contributed by atoms with Crippen LogP contribution in [0.25, 0.3) is 10.9 Å². The number of fused-ring (bicyclic) bond motifs is 2. The third-order valence-corrected chi connectivity index (χ3v) is 5.92. The Bertz CT molecular complexity index is 1070. The Balaban J connectivity index is 1.63. The van der Waals surface area contributed by atoms with Crippen LogP contribution in [-0.2, 0) is 23.0 Å². The molecule has 26 heavy (non-hydrogen) atoms. The third-order valence-electron chi connectivity index (χ3n) is 4.75. The molecule has 136 valence electrons. The van der Waals surface area contributed by atoms with Crippen molar-refractivity contribution in [1.82, 2.24) is 20.1 Å². The van der Waals surface area contributed by atoms with Crippen molar-refractivity contribution < 1.29 is 13.2 Å². The van der Waals surface area contributed by atoms with E-state index in [1.807, 2.05) is 30.3 Å². The van der Waals surface area contributed by atoms with Gasteiger partial charge in [0, 0.05) is 42.2 Å². The van der Waals surface area contributed by atoms with E-state index in [1.165, 1.54) is 7.05 Å². The molecule has 0 spiro atoms. The molecule has 0 fully saturated rings. The van der Waals surface area contributed by atoms with Crippen molar-refractivity contribution in [2.45, 2.75) is 13.0 Å². The average Bonchev–Trinajstić information content (AvgIpc) is 3.23. The van der Waals surface area contributed by atoms with E-state index in [2.05, 4.69) is 15.2 Å². The first kappa shape index (κ1) is 16.6. The van der Waals surface area contributed by atoms with Gasteiger partial charge in [0.05, 0.1) is 12.8 Å². The molecule has 9 heteroatoms. The van der Waals surface area contributed by atoms with E-state index < -0.39 is 10.0 Å². The van der Waals surface area contributed by atoms with Crippen molar-refractivity contribution in [2.75, 3.05) is 24.2 Å². The van der Waals surface area contributed by atoms with E-state index in [0.29, 0.717) is 31.0 Å². The number of amides is 1. The predicted molar refractivity (Wildman–Crippen MR) is 98.6 cm³/mol. The quantitative estimate of drug-likeness (QED) is 0.726. The fraction of sp³-hybridized carbons (Fsp3) is 0.294. The minimum atomic E-state index is -3.43. The highest BCUT2D eigenvalue weighted by molar-refractivity contribution is 7.92. The van der Waals surface area contributed by atoms with Gasteiger partial charge in [0.15, 0.2) is 5.82 Å². The zero-order chi connectivity index (χ0) is 18.5.